The van der Waals surface area contributed by atoms with Crippen molar-refractivity contribution >= 4 is 5.97 Å². The van der Waals surface area contributed by atoms with Crippen molar-refractivity contribution in [2.75, 3.05) is 7.11 Å². The molecule has 1 heterocycles. The third-order valence-electron chi connectivity index (χ3n) is 1.69. The molecule has 5 nitrogen and oxygen atoms in total. The molecule has 0 aliphatic heterocycles. The maximum Gasteiger partial charge on any atom is 0.323 e. The van der Waals surface area contributed by atoms with Gasteiger partial charge in [0.1, 0.15) is 6.04 Å². The van der Waals surface area contributed by atoms with Gasteiger partial charge in [0.05, 0.1) is 19.1 Å². The molecule has 0 saturated heterocycles. The Morgan fingerprint density at radius 2 is 2.54 bits per heavy atom. The number of imidazole rings is 1. The van der Waals surface area contributed by atoms with Crippen LogP contribution in [0.2, 0.25) is 0 Å². The van der Waals surface area contributed by atoms with Gasteiger partial charge in [-0.2, -0.15) is 0 Å². The molecular formula is C8H13N3O2. The van der Waals surface area contributed by atoms with E-state index in [0.717, 1.165) is 5.69 Å². The van der Waals surface area contributed by atoms with Crippen molar-refractivity contribution in [3.05, 3.63) is 18.2 Å². The number of aryl methyl sites for hydroxylation is 1. The molecule has 1 atom stereocenters. The number of carbonyl (C=O) groups is 1. The summed E-state index contributed by atoms with van der Waals surface area (Å²) in [4.78, 5) is 15.0. The van der Waals surface area contributed by atoms with Crippen molar-refractivity contribution in [1.29, 1.82) is 0 Å². The fourth-order valence-corrected chi connectivity index (χ4v) is 1.03. The number of ether oxygens (including phenoxy) is 1. The number of carbonyl (C=O) groups excluding carboxylic acids is 1. The molecule has 0 saturated carbocycles. The van der Waals surface area contributed by atoms with Crippen LogP contribution in [0, 0.1) is 0 Å². The van der Waals surface area contributed by atoms with Crippen molar-refractivity contribution in [3.8, 4) is 0 Å². The van der Waals surface area contributed by atoms with Gasteiger partial charge in [0, 0.05) is 19.7 Å². The Balaban J connectivity index is 2.54. The van der Waals surface area contributed by atoms with Crippen molar-refractivity contribution in [2.45, 2.75) is 12.5 Å². The second-order valence-corrected chi connectivity index (χ2v) is 2.86. The molecule has 2 N–H and O–H groups in total. The Labute approximate surface area is 76.5 Å². The number of aromatic nitrogens is 2. The van der Waals surface area contributed by atoms with E-state index >= 15 is 0 Å². The number of methoxy groups -OCH3 is 1. The highest BCUT2D eigenvalue weighted by atomic mass is 16.5. The Kier molecular flexibility index (Phi) is 3.02. The third kappa shape index (κ3) is 2.55. The fourth-order valence-electron chi connectivity index (χ4n) is 1.03. The van der Waals surface area contributed by atoms with E-state index in [0.29, 0.717) is 6.42 Å². The first kappa shape index (κ1) is 9.73. The van der Waals surface area contributed by atoms with Gasteiger partial charge in [-0.25, -0.2) is 4.98 Å². The summed E-state index contributed by atoms with van der Waals surface area (Å²) in [5, 5.41) is 0. The zero-order valence-corrected chi connectivity index (χ0v) is 7.73. The minimum atomic E-state index is -0.625. The minimum Gasteiger partial charge on any atom is -0.468 e. The summed E-state index contributed by atoms with van der Waals surface area (Å²) in [6.07, 6.45) is 3.90. The Bertz CT molecular complexity index is 295. The summed E-state index contributed by atoms with van der Waals surface area (Å²) in [5.74, 6) is -0.411. The molecule has 0 aromatic carbocycles. The van der Waals surface area contributed by atoms with E-state index in [1.54, 1.807) is 10.9 Å². The molecule has 1 rings (SSSR count). The van der Waals surface area contributed by atoms with Crippen LogP contribution in [0.15, 0.2) is 12.5 Å². The van der Waals surface area contributed by atoms with Crippen LogP contribution in [-0.4, -0.2) is 28.7 Å². The van der Waals surface area contributed by atoms with Crippen LogP contribution in [0.1, 0.15) is 5.69 Å². The summed E-state index contributed by atoms with van der Waals surface area (Å²) in [6, 6.07) is -0.625. The SMILES string of the molecule is COC(=O)C(N)Cc1cn(C)cn1. The van der Waals surface area contributed by atoms with Crippen LogP contribution in [-0.2, 0) is 23.0 Å². The number of hydrogen-bond acceptors (Lipinski definition) is 4. The number of nitrogens with two attached hydrogens (primary N) is 1. The Hall–Kier alpha value is -1.36. The van der Waals surface area contributed by atoms with Gasteiger partial charge < -0.3 is 15.0 Å². The molecule has 0 fully saturated rings. The first-order valence-corrected chi connectivity index (χ1v) is 3.93. The fraction of sp³-hybridized carbons (Fsp3) is 0.500. The quantitative estimate of drug-likeness (QED) is 0.639. The summed E-state index contributed by atoms with van der Waals surface area (Å²) in [5.41, 5.74) is 6.34. The van der Waals surface area contributed by atoms with Crippen LogP contribution in [0.4, 0.5) is 0 Å². The third-order valence-corrected chi connectivity index (χ3v) is 1.69. The van der Waals surface area contributed by atoms with Crippen LogP contribution in [0.5, 0.6) is 0 Å². The molecule has 1 unspecified atom stereocenters. The summed E-state index contributed by atoms with van der Waals surface area (Å²) in [7, 11) is 3.18. The highest BCUT2D eigenvalue weighted by Crippen LogP contribution is 1.99. The Morgan fingerprint density at radius 3 is 3.00 bits per heavy atom. The summed E-state index contributed by atoms with van der Waals surface area (Å²) < 4.78 is 6.30. The topological polar surface area (TPSA) is 70.1 Å². The second-order valence-electron chi connectivity index (χ2n) is 2.86. The van der Waals surface area contributed by atoms with Gasteiger partial charge in [-0.05, 0) is 0 Å². The lowest BCUT2D eigenvalue weighted by molar-refractivity contribution is -0.142. The maximum atomic E-state index is 10.9. The standard InChI is InChI=1S/C8H13N3O2/c1-11-4-6(10-5-11)3-7(9)8(12)13-2/h4-5,7H,3,9H2,1-2H3. The first-order chi connectivity index (χ1) is 6.13. The number of hydrogen-bond donors (Lipinski definition) is 1. The molecule has 1 aromatic heterocycles. The number of rotatable bonds is 3. The van der Waals surface area contributed by atoms with Gasteiger partial charge in [0.15, 0.2) is 0 Å². The van der Waals surface area contributed by atoms with Crippen LogP contribution in [0.25, 0.3) is 0 Å². The molecule has 72 valence electrons. The molecule has 13 heavy (non-hydrogen) atoms. The molecule has 0 radical (unpaired) electrons. The first-order valence-electron chi connectivity index (χ1n) is 3.93. The molecule has 5 heteroatoms. The normalized spacial score (nSPS) is 12.5. The summed E-state index contributed by atoms with van der Waals surface area (Å²) in [6.45, 7) is 0. The van der Waals surface area contributed by atoms with E-state index < -0.39 is 12.0 Å². The van der Waals surface area contributed by atoms with Gasteiger partial charge in [-0.15, -0.1) is 0 Å². The van der Waals surface area contributed by atoms with Crippen molar-refractivity contribution in [2.24, 2.45) is 12.8 Å². The molecular weight excluding hydrogens is 170 g/mol. The van der Waals surface area contributed by atoms with Crippen LogP contribution < -0.4 is 5.73 Å². The average Bonchev–Trinajstić information content (AvgIpc) is 2.49. The van der Waals surface area contributed by atoms with Gasteiger partial charge in [-0.1, -0.05) is 0 Å². The van der Waals surface area contributed by atoms with E-state index in [-0.39, 0.29) is 0 Å². The van der Waals surface area contributed by atoms with E-state index in [4.69, 9.17) is 5.73 Å². The minimum absolute atomic E-state index is 0.410. The van der Waals surface area contributed by atoms with E-state index in [1.807, 2.05) is 13.2 Å². The smallest absolute Gasteiger partial charge is 0.323 e. The second kappa shape index (κ2) is 4.04. The van der Waals surface area contributed by atoms with Crippen molar-refractivity contribution in [1.82, 2.24) is 9.55 Å². The van der Waals surface area contributed by atoms with Gasteiger partial charge in [0.2, 0.25) is 0 Å². The Morgan fingerprint density at radius 1 is 1.85 bits per heavy atom. The lowest BCUT2D eigenvalue weighted by atomic mass is 10.2. The van der Waals surface area contributed by atoms with Gasteiger partial charge >= 0.3 is 5.97 Å². The predicted molar refractivity (Wildman–Crippen MR) is 46.9 cm³/mol. The molecule has 0 aliphatic rings. The van der Waals surface area contributed by atoms with Crippen molar-refractivity contribution < 1.29 is 9.53 Å². The zero-order chi connectivity index (χ0) is 9.84. The lowest BCUT2D eigenvalue weighted by Gasteiger charge is -2.06. The van der Waals surface area contributed by atoms with Gasteiger partial charge in [-0.3, -0.25) is 4.79 Å². The maximum absolute atomic E-state index is 10.9. The molecule has 0 spiro atoms. The highest BCUT2D eigenvalue weighted by Gasteiger charge is 2.15. The lowest BCUT2D eigenvalue weighted by Crippen LogP contribution is -2.33. The van der Waals surface area contributed by atoms with Crippen LogP contribution >= 0.6 is 0 Å². The number of esters is 1. The monoisotopic (exact) mass is 183 g/mol. The van der Waals surface area contributed by atoms with Gasteiger partial charge in [0.25, 0.3) is 0 Å². The zero-order valence-electron chi connectivity index (χ0n) is 7.73. The predicted octanol–water partition coefficient (Wildman–Crippen LogP) is -0.537. The molecule has 0 aliphatic carbocycles. The van der Waals surface area contributed by atoms with Crippen molar-refractivity contribution in [3.63, 3.8) is 0 Å². The molecule has 1 aromatic rings. The van der Waals surface area contributed by atoms with E-state index in [9.17, 15) is 4.79 Å². The van der Waals surface area contributed by atoms with Crippen LogP contribution in [0.3, 0.4) is 0 Å². The van der Waals surface area contributed by atoms with E-state index in [1.165, 1.54) is 7.11 Å². The average molecular weight is 183 g/mol. The molecule has 0 amide bonds. The van der Waals surface area contributed by atoms with E-state index in [2.05, 4.69) is 9.72 Å². The molecule has 0 bridgehead atoms. The largest absolute Gasteiger partial charge is 0.468 e. The number of nitrogens with zero attached hydrogens (tertiary/aromatic N) is 2. The summed E-state index contributed by atoms with van der Waals surface area (Å²) >= 11 is 0. The highest BCUT2D eigenvalue weighted by molar-refractivity contribution is 5.75.